The van der Waals surface area contributed by atoms with E-state index in [4.69, 9.17) is 4.74 Å². The number of rotatable bonds is 6. The molecule has 0 saturated carbocycles. The fraction of sp³-hybridized carbons (Fsp3) is 0.158. The Kier molecular flexibility index (Phi) is 6.12. The SMILES string of the molecule is CCOc1cc(/C=C(\C#N)C(=O)Nc2cccc(C)c2)cc([N+](=O)[O-])c1O. The monoisotopic (exact) mass is 367 g/mol. The molecule has 0 bridgehead atoms. The Balaban J connectivity index is 2.40. The van der Waals surface area contributed by atoms with E-state index in [2.05, 4.69) is 5.32 Å². The average Bonchev–Trinajstić information content (AvgIpc) is 2.61. The third kappa shape index (κ3) is 4.83. The van der Waals surface area contributed by atoms with Crippen LogP contribution in [0, 0.1) is 28.4 Å². The van der Waals surface area contributed by atoms with Crippen molar-refractivity contribution < 1.29 is 19.6 Å². The number of phenols is 1. The van der Waals surface area contributed by atoms with Gasteiger partial charge >= 0.3 is 5.69 Å². The van der Waals surface area contributed by atoms with E-state index in [9.17, 15) is 25.3 Å². The number of anilines is 1. The second-order valence-electron chi connectivity index (χ2n) is 5.57. The van der Waals surface area contributed by atoms with Crippen LogP contribution in [0.15, 0.2) is 42.0 Å². The maximum absolute atomic E-state index is 12.3. The molecule has 27 heavy (non-hydrogen) atoms. The molecule has 0 aliphatic rings. The van der Waals surface area contributed by atoms with Crippen molar-refractivity contribution in [3.05, 3.63) is 63.2 Å². The van der Waals surface area contributed by atoms with Gasteiger partial charge in [0, 0.05) is 11.8 Å². The van der Waals surface area contributed by atoms with E-state index < -0.39 is 22.3 Å². The summed E-state index contributed by atoms with van der Waals surface area (Å²) >= 11 is 0. The fourth-order valence-corrected chi connectivity index (χ4v) is 2.34. The Morgan fingerprint density at radius 2 is 2.15 bits per heavy atom. The summed E-state index contributed by atoms with van der Waals surface area (Å²) in [7, 11) is 0. The van der Waals surface area contributed by atoms with Gasteiger partial charge in [-0.25, -0.2) is 0 Å². The van der Waals surface area contributed by atoms with E-state index in [1.54, 1.807) is 31.2 Å². The number of nitro groups is 1. The van der Waals surface area contributed by atoms with Gasteiger partial charge < -0.3 is 15.2 Å². The summed E-state index contributed by atoms with van der Waals surface area (Å²) in [6.45, 7) is 3.70. The van der Waals surface area contributed by atoms with Crippen molar-refractivity contribution in [1.29, 1.82) is 5.26 Å². The number of hydrogen-bond acceptors (Lipinski definition) is 6. The van der Waals surface area contributed by atoms with Crippen molar-refractivity contribution in [2.45, 2.75) is 13.8 Å². The predicted octanol–water partition coefficient (Wildman–Crippen LogP) is 3.55. The number of phenolic OH excluding ortho intramolecular Hbond substituents is 1. The van der Waals surface area contributed by atoms with E-state index in [0.717, 1.165) is 11.6 Å². The molecular weight excluding hydrogens is 350 g/mol. The summed E-state index contributed by atoms with van der Waals surface area (Å²) < 4.78 is 5.19. The Labute approximate surface area is 155 Å². The molecule has 1 amide bonds. The molecule has 2 aromatic carbocycles. The summed E-state index contributed by atoms with van der Waals surface area (Å²) in [5, 5.41) is 32.9. The highest BCUT2D eigenvalue weighted by molar-refractivity contribution is 6.09. The normalized spacial score (nSPS) is 10.8. The summed E-state index contributed by atoms with van der Waals surface area (Å²) in [5.74, 6) is -1.37. The number of nitrogens with one attached hydrogen (secondary N) is 1. The number of ether oxygens (including phenoxy) is 1. The lowest BCUT2D eigenvalue weighted by Crippen LogP contribution is -2.13. The topological polar surface area (TPSA) is 125 Å². The number of benzene rings is 2. The molecule has 0 radical (unpaired) electrons. The molecule has 2 rings (SSSR count). The van der Waals surface area contributed by atoms with Crippen LogP contribution in [0.1, 0.15) is 18.1 Å². The van der Waals surface area contributed by atoms with E-state index in [1.807, 2.05) is 13.0 Å². The molecule has 0 unspecified atom stereocenters. The summed E-state index contributed by atoms with van der Waals surface area (Å²) in [6, 6.07) is 11.2. The predicted molar refractivity (Wildman–Crippen MR) is 99.3 cm³/mol. The lowest BCUT2D eigenvalue weighted by Gasteiger charge is -2.08. The highest BCUT2D eigenvalue weighted by atomic mass is 16.6. The van der Waals surface area contributed by atoms with E-state index in [-0.39, 0.29) is 23.5 Å². The molecule has 0 heterocycles. The van der Waals surface area contributed by atoms with Crippen LogP contribution in [0.25, 0.3) is 6.08 Å². The Bertz CT molecular complexity index is 960. The zero-order valence-corrected chi connectivity index (χ0v) is 14.7. The van der Waals surface area contributed by atoms with Gasteiger partial charge in [0.05, 0.1) is 11.5 Å². The molecule has 0 aliphatic heterocycles. The maximum Gasteiger partial charge on any atom is 0.315 e. The van der Waals surface area contributed by atoms with Crippen molar-refractivity contribution >= 4 is 23.4 Å². The first-order valence-corrected chi connectivity index (χ1v) is 7.99. The minimum atomic E-state index is -0.770. The maximum atomic E-state index is 12.3. The lowest BCUT2D eigenvalue weighted by atomic mass is 10.1. The third-order valence-electron chi connectivity index (χ3n) is 3.53. The van der Waals surface area contributed by atoms with Crippen molar-refractivity contribution in [3.8, 4) is 17.6 Å². The third-order valence-corrected chi connectivity index (χ3v) is 3.53. The number of carbonyl (C=O) groups is 1. The average molecular weight is 367 g/mol. The lowest BCUT2D eigenvalue weighted by molar-refractivity contribution is -0.386. The van der Waals surface area contributed by atoms with Gasteiger partial charge in [-0.15, -0.1) is 0 Å². The van der Waals surface area contributed by atoms with Gasteiger partial charge in [-0.05, 0) is 49.2 Å². The van der Waals surface area contributed by atoms with Crippen LogP contribution in [-0.4, -0.2) is 22.5 Å². The zero-order chi connectivity index (χ0) is 20.0. The molecule has 0 spiro atoms. The molecular formula is C19H17N3O5. The standard InChI is InChI=1S/C19H17N3O5/c1-3-27-17-10-13(9-16(18(17)23)22(25)26)8-14(11-20)19(24)21-15-6-4-5-12(2)7-15/h4-10,23H,3H2,1-2H3,(H,21,24)/b14-8+. The first-order valence-electron chi connectivity index (χ1n) is 7.99. The number of nitro benzene ring substituents is 1. The number of aromatic hydroxyl groups is 1. The van der Waals surface area contributed by atoms with Gasteiger partial charge in [0.25, 0.3) is 5.91 Å². The molecule has 8 nitrogen and oxygen atoms in total. The van der Waals surface area contributed by atoms with Crippen LogP contribution in [0.5, 0.6) is 11.5 Å². The second-order valence-corrected chi connectivity index (χ2v) is 5.57. The van der Waals surface area contributed by atoms with Crippen LogP contribution >= 0.6 is 0 Å². The van der Waals surface area contributed by atoms with Gasteiger partial charge in [-0.2, -0.15) is 5.26 Å². The molecule has 0 saturated heterocycles. The molecule has 2 aromatic rings. The minimum absolute atomic E-state index is 0.102. The number of nitrogens with zero attached hydrogens (tertiary/aromatic N) is 2. The molecule has 2 N–H and O–H groups in total. The fourth-order valence-electron chi connectivity index (χ4n) is 2.34. The highest BCUT2D eigenvalue weighted by Crippen LogP contribution is 2.37. The van der Waals surface area contributed by atoms with Crippen LogP contribution in [0.3, 0.4) is 0 Å². The van der Waals surface area contributed by atoms with Crippen molar-refractivity contribution in [2.24, 2.45) is 0 Å². The molecule has 0 atom stereocenters. The van der Waals surface area contributed by atoms with Gasteiger partial charge in [0.1, 0.15) is 11.6 Å². The first-order chi connectivity index (χ1) is 12.8. The van der Waals surface area contributed by atoms with Crippen LogP contribution in [0.4, 0.5) is 11.4 Å². The van der Waals surface area contributed by atoms with Crippen molar-refractivity contribution in [2.75, 3.05) is 11.9 Å². The number of carbonyl (C=O) groups excluding carboxylic acids is 1. The van der Waals surface area contributed by atoms with Gasteiger partial charge in [-0.1, -0.05) is 12.1 Å². The van der Waals surface area contributed by atoms with Gasteiger partial charge in [0.15, 0.2) is 5.75 Å². The van der Waals surface area contributed by atoms with E-state index >= 15 is 0 Å². The molecule has 0 fully saturated rings. The van der Waals surface area contributed by atoms with Crippen molar-refractivity contribution in [1.82, 2.24) is 0 Å². The summed E-state index contributed by atoms with van der Waals surface area (Å²) in [6.07, 6.45) is 1.19. The van der Waals surface area contributed by atoms with E-state index in [1.165, 1.54) is 12.1 Å². The number of amides is 1. The van der Waals surface area contributed by atoms with Crippen LogP contribution in [0.2, 0.25) is 0 Å². The largest absolute Gasteiger partial charge is 0.500 e. The summed E-state index contributed by atoms with van der Waals surface area (Å²) in [5.41, 5.74) is 0.806. The van der Waals surface area contributed by atoms with Crippen LogP contribution in [-0.2, 0) is 4.79 Å². The number of hydrogen-bond donors (Lipinski definition) is 2. The Morgan fingerprint density at radius 3 is 2.74 bits per heavy atom. The quantitative estimate of drug-likeness (QED) is 0.348. The van der Waals surface area contributed by atoms with Crippen LogP contribution < -0.4 is 10.1 Å². The molecule has 0 aromatic heterocycles. The molecule has 8 heteroatoms. The molecule has 138 valence electrons. The highest BCUT2D eigenvalue weighted by Gasteiger charge is 2.20. The zero-order valence-electron chi connectivity index (χ0n) is 14.7. The number of nitriles is 1. The van der Waals surface area contributed by atoms with Gasteiger partial charge in [-0.3, -0.25) is 14.9 Å². The smallest absolute Gasteiger partial charge is 0.315 e. The second kappa shape index (κ2) is 8.49. The van der Waals surface area contributed by atoms with Gasteiger partial charge in [0.2, 0.25) is 5.75 Å². The Hall–Kier alpha value is -3.86. The minimum Gasteiger partial charge on any atom is -0.500 e. The number of aryl methyl sites for hydroxylation is 1. The summed E-state index contributed by atoms with van der Waals surface area (Å²) in [4.78, 5) is 22.7. The van der Waals surface area contributed by atoms with Crippen molar-refractivity contribution in [3.63, 3.8) is 0 Å². The van der Waals surface area contributed by atoms with E-state index in [0.29, 0.717) is 5.69 Å². The Morgan fingerprint density at radius 1 is 1.41 bits per heavy atom. The first kappa shape index (κ1) is 19.5. The molecule has 0 aliphatic carbocycles.